The fourth-order valence-electron chi connectivity index (χ4n) is 1.87. The second kappa shape index (κ2) is 8.96. The van der Waals surface area contributed by atoms with E-state index in [1.165, 1.54) is 0 Å². The highest BCUT2D eigenvalue weighted by molar-refractivity contribution is 8.14. The molecule has 6 heteroatoms. The van der Waals surface area contributed by atoms with Gasteiger partial charge in [-0.15, -0.1) is 0 Å². The minimum atomic E-state index is -0.116. The van der Waals surface area contributed by atoms with Crippen LogP contribution in [0.25, 0.3) is 0 Å². The van der Waals surface area contributed by atoms with Gasteiger partial charge in [-0.25, -0.2) is 0 Å². The molecule has 0 spiro atoms. The van der Waals surface area contributed by atoms with Gasteiger partial charge in [0.25, 0.3) is 0 Å². The first-order valence-electron chi connectivity index (χ1n) is 6.92. The van der Waals surface area contributed by atoms with Gasteiger partial charge in [-0.05, 0) is 12.8 Å². The van der Waals surface area contributed by atoms with E-state index in [2.05, 4.69) is 24.2 Å². The summed E-state index contributed by atoms with van der Waals surface area (Å²) in [6.45, 7) is 6.42. The van der Waals surface area contributed by atoms with E-state index < -0.39 is 0 Å². The standard InChI is InChI=1S/C13H23N3O2S/c1-3-8-16(9-4-2)12(18)6-5-11(17)15-13-14-7-10-19-13/h3-10H2,1-2H3,(H,14,15,17). The van der Waals surface area contributed by atoms with Gasteiger partial charge in [0.15, 0.2) is 5.17 Å². The molecule has 5 nitrogen and oxygen atoms in total. The van der Waals surface area contributed by atoms with Gasteiger partial charge in [0.05, 0.1) is 6.54 Å². The summed E-state index contributed by atoms with van der Waals surface area (Å²) >= 11 is 1.55. The van der Waals surface area contributed by atoms with Crippen molar-refractivity contribution in [3.05, 3.63) is 0 Å². The molecule has 1 aliphatic rings. The van der Waals surface area contributed by atoms with E-state index in [-0.39, 0.29) is 24.7 Å². The number of amidine groups is 1. The molecular formula is C13H23N3O2S. The van der Waals surface area contributed by atoms with Crippen molar-refractivity contribution >= 4 is 28.7 Å². The molecule has 108 valence electrons. The minimum Gasteiger partial charge on any atom is -0.343 e. The van der Waals surface area contributed by atoms with Crippen molar-refractivity contribution in [2.24, 2.45) is 4.99 Å². The molecule has 1 N–H and O–H groups in total. The number of carbonyl (C=O) groups excluding carboxylic acids is 2. The Balaban J connectivity index is 2.28. The third-order valence-corrected chi connectivity index (χ3v) is 3.63. The lowest BCUT2D eigenvalue weighted by Crippen LogP contribution is -2.34. The summed E-state index contributed by atoms with van der Waals surface area (Å²) in [6.07, 6.45) is 2.42. The van der Waals surface area contributed by atoms with Gasteiger partial charge in [0, 0.05) is 31.7 Å². The molecule has 0 saturated carbocycles. The lowest BCUT2D eigenvalue weighted by Gasteiger charge is -2.21. The van der Waals surface area contributed by atoms with Gasteiger partial charge < -0.3 is 10.2 Å². The summed E-state index contributed by atoms with van der Waals surface area (Å²) in [5, 5.41) is 3.43. The second-order valence-corrected chi connectivity index (χ2v) is 5.55. The van der Waals surface area contributed by atoms with Crippen LogP contribution in [0.1, 0.15) is 39.5 Å². The third kappa shape index (κ3) is 6.09. The maximum atomic E-state index is 12.0. The van der Waals surface area contributed by atoms with E-state index in [0.29, 0.717) is 5.17 Å². The lowest BCUT2D eigenvalue weighted by molar-refractivity contribution is -0.133. The first kappa shape index (κ1) is 16.0. The summed E-state index contributed by atoms with van der Waals surface area (Å²) < 4.78 is 0. The van der Waals surface area contributed by atoms with Crippen LogP contribution < -0.4 is 5.32 Å². The molecule has 0 bridgehead atoms. The van der Waals surface area contributed by atoms with Gasteiger partial charge in [0.2, 0.25) is 11.8 Å². The number of carbonyl (C=O) groups is 2. The number of thioether (sulfide) groups is 1. The van der Waals surface area contributed by atoms with Crippen LogP contribution >= 0.6 is 11.8 Å². The molecule has 1 rings (SSSR count). The fraction of sp³-hybridized carbons (Fsp3) is 0.769. The zero-order chi connectivity index (χ0) is 14.1. The lowest BCUT2D eigenvalue weighted by atomic mass is 10.2. The third-order valence-electron chi connectivity index (χ3n) is 2.74. The van der Waals surface area contributed by atoms with Crippen molar-refractivity contribution in [1.82, 2.24) is 10.2 Å². The van der Waals surface area contributed by atoms with Crippen molar-refractivity contribution in [3.63, 3.8) is 0 Å². The van der Waals surface area contributed by atoms with Crippen molar-refractivity contribution in [3.8, 4) is 0 Å². The fourth-order valence-corrected chi connectivity index (χ4v) is 2.62. The minimum absolute atomic E-state index is 0.0693. The van der Waals surface area contributed by atoms with Gasteiger partial charge in [0.1, 0.15) is 0 Å². The van der Waals surface area contributed by atoms with E-state index in [1.54, 1.807) is 11.8 Å². The summed E-state index contributed by atoms with van der Waals surface area (Å²) in [4.78, 5) is 29.6. The number of hydrogen-bond donors (Lipinski definition) is 1. The van der Waals surface area contributed by atoms with E-state index in [9.17, 15) is 9.59 Å². The highest BCUT2D eigenvalue weighted by Crippen LogP contribution is 2.09. The van der Waals surface area contributed by atoms with E-state index >= 15 is 0 Å². The molecule has 0 aromatic carbocycles. The van der Waals surface area contributed by atoms with Crippen LogP contribution in [-0.4, -0.2) is 47.3 Å². The van der Waals surface area contributed by atoms with Gasteiger partial charge in [-0.1, -0.05) is 25.6 Å². The van der Waals surface area contributed by atoms with Crippen molar-refractivity contribution in [2.75, 3.05) is 25.4 Å². The number of hydrogen-bond acceptors (Lipinski definition) is 4. The van der Waals surface area contributed by atoms with Crippen molar-refractivity contribution in [2.45, 2.75) is 39.5 Å². The zero-order valence-electron chi connectivity index (χ0n) is 11.8. The number of amides is 2. The maximum Gasteiger partial charge on any atom is 0.226 e. The van der Waals surface area contributed by atoms with Crippen LogP contribution in [0.15, 0.2) is 4.99 Å². The Kier molecular flexibility index (Phi) is 7.55. The normalized spacial score (nSPS) is 14.1. The first-order chi connectivity index (χ1) is 9.17. The SMILES string of the molecule is CCCN(CCC)C(=O)CCC(=O)NC1=NCCS1. The van der Waals surface area contributed by atoms with Gasteiger partial charge >= 0.3 is 0 Å². The number of rotatable bonds is 7. The molecule has 0 aliphatic carbocycles. The Labute approximate surface area is 119 Å². The molecule has 0 atom stereocenters. The number of aliphatic imine (C=N–C) groups is 1. The Morgan fingerprint density at radius 3 is 2.47 bits per heavy atom. The van der Waals surface area contributed by atoms with Gasteiger partial charge in [-0.2, -0.15) is 0 Å². The average Bonchev–Trinajstić information content (AvgIpc) is 2.88. The maximum absolute atomic E-state index is 12.0. The van der Waals surface area contributed by atoms with Crippen LogP contribution in [0.3, 0.4) is 0 Å². The quantitative estimate of drug-likeness (QED) is 0.773. The van der Waals surface area contributed by atoms with E-state index in [1.807, 2.05) is 4.90 Å². The Hall–Kier alpha value is -1.04. The van der Waals surface area contributed by atoms with Crippen LogP contribution in [0, 0.1) is 0 Å². The largest absolute Gasteiger partial charge is 0.343 e. The monoisotopic (exact) mass is 285 g/mol. The Morgan fingerprint density at radius 1 is 1.26 bits per heavy atom. The van der Waals surface area contributed by atoms with Crippen LogP contribution in [0.2, 0.25) is 0 Å². The predicted octanol–water partition coefficient (Wildman–Crippen LogP) is 1.63. The summed E-state index contributed by atoms with van der Waals surface area (Å²) in [5.74, 6) is 0.879. The Morgan fingerprint density at radius 2 is 1.95 bits per heavy atom. The van der Waals surface area contributed by atoms with Crippen molar-refractivity contribution < 1.29 is 9.59 Å². The smallest absolute Gasteiger partial charge is 0.226 e. The molecule has 0 unspecified atom stereocenters. The molecule has 0 fully saturated rings. The van der Waals surface area contributed by atoms with E-state index in [0.717, 1.165) is 38.2 Å². The first-order valence-corrected chi connectivity index (χ1v) is 7.90. The number of nitrogens with one attached hydrogen (secondary N) is 1. The molecule has 19 heavy (non-hydrogen) atoms. The highest BCUT2D eigenvalue weighted by atomic mass is 32.2. The number of nitrogens with zero attached hydrogens (tertiary/aromatic N) is 2. The van der Waals surface area contributed by atoms with Crippen LogP contribution in [0.4, 0.5) is 0 Å². The predicted molar refractivity (Wildman–Crippen MR) is 79.3 cm³/mol. The molecule has 0 aromatic heterocycles. The molecule has 1 aliphatic heterocycles. The molecule has 2 amide bonds. The molecule has 0 saturated heterocycles. The Bertz CT molecular complexity index is 339. The van der Waals surface area contributed by atoms with E-state index in [4.69, 9.17) is 0 Å². The topological polar surface area (TPSA) is 61.8 Å². The second-order valence-electron chi connectivity index (χ2n) is 4.46. The van der Waals surface area contributed by atoms with Gasteiger partial charge in [-0.3, -0.25) is 14.6 Å². The summed E-state index contributed by atoms with van der Waals surface area (Å²) in [6, 6.07) is 0. The highest BCUT2D eigenvalue weighted by Gasteiger charge is 2.15. The molecular weight excluding hydrogens is 262 g/mol. The summed E-state index contributed by atoms with van der Waals surface area (Å²) in [5.41, 5.74) is 0. The molecule has 0 aromatic rings. The summed E-state index contributed by atoms with van der Waals surface area (Å²) in [7, 11) is 0. The van der Waals surface area contributed by atoms with Crippen LogP contribution in [-0.2, 0) is 9.59 Å². The molecule has 0 radical (unpaired) electrons. The van der Waals surface area contributed by atoms with Crippen molar-refractivity contribution in [1.29, 1.82) is 0 Å². The average molecular weight is 285 g/mol. The van der Waals surface area contributed by atoms with Crippen LogP contribution in [0.5, 0.6) is 0 Å². The zero-order valence-corrected chi connectivity index (χ0v) is 12.6. The molecule has 1 heterocycles.